The molecule has 27 heavy (non-hydrogen) atoms. The summed E-state index contributed by atoms with van der Waals surface area (Å²) < 4.78 is 5.29. The molecule has 0 saturated heterocycles. The van der Waals surface area contributed by atoms with E-state index >= 15 is 0 Å². The standard InChI is InChI=1S/C22H26N4O/c1-3-13-24-22-25-20(18-9-5-4-6-10-18)16-21(26-22)23-14-12-17-8-7-11-19(15-17)27-2/h4-11,15-16H,3,12-14H2,1-2H3,(H2,23,24,25,26). The van der Waals surface area contributed by atoms with Crippen LogP contribution in [-0.2, 0) is 6.42 Å². The molecular formula is C22H26N4O. The first-order valence-corrected chi connectivity index (χ1v) is 9.33. The van der Waals surface area contributed by atoms with Gasteiger partial charge < -0.3 is 15.4 Å². The number of rotatable bonds is 9. The molecule has 0 radical (unpaired) electrons. The van der Waals surface area contributed by atoms with E-state index in [1.807, 2.05) is 36.4 Å². The second-order valence-electron chi connectivity index (χ2n) is 6.28. The topological polar surface area (TPSA) is 59.1 Å². The summed E-state index contributed by atoms with van der Waals surface area (Å²) in [5.74, 6) is 2.36. The van der Waals surface area contributed by atoms with Gasteiger partial charge in [-0.2, -0.15) is 4.98 Å². The third-order valence-electron chi connectivity index (χ3n) is 4.18. The number of anilines is 2. The van der Waals surface area contributed by atoms with Crippen molar-refractivity contribution in [2.75, 3.05) is 30.8 Å². The third kappa shape index (κ3) is 5.45. The van der Waals surface area contributed by atoms with Crippen LogP contribution in [0.5, 0.6) is 5.75 Å². The highest BCUT2D eigenvalue weighted by molar-refractivity contribution is 5.64. The number of methoxy groups -OCH3 is 1. The number of hydrogen-bond acceptors (Lipinski definition) is 5. The zero-order chi connectivity index (χ0) is 18.9. The molecule has 0 spiro atoms. The molecular weight excluding hydrogens is 336 g/mol. The highest BCUT2D eigenvalue weighted by Crippen LogP contribution is 2.21. The summed E-state index contributed by atoms with van der Waals surface area (Å²) in [4.78, 5) is 9.25. The molecule has 3 rings (SSSR count). The van der Waals surface area contributed by atoms with Gasteiger partial charge in [-0.25, -0.2) is 4.98 Å². The Bertz CT molecular complexity index is 852. The zero-order valence-corrected chi connectivity index (χ0v) is 15.9. The largest absolute Gasteiger partial charge is 0.497 e. The van der Waals surface area contributed by atoms with E-state index in [1.54, 1.807) is 7.11 Å². The van der Waals surface area contributed by atoms with Crippen LogP contribution in [0.1, 0.15) is 18.9 Å². The third-order valence-corrected chi connectivity index (χ3v) is 4.18. The summed E-state index contributed by atoms with van der Waals surface area (Å²) in [6.45, 7) is 3.76. The molecule has 2 N–H and O–H groups in total. The van der Waals surface area contributed by atoms with Crippen LogP contribution in [0, 0.1) is 0 Å². The first-order valence-electron chi connectivity index (χ1n) is 9.33. The summed E-state index contributed by atoms with van der Waals surface area (Å²) in [5, 5.41) is 6.71. The highest BCUT2D eigenvalue weighted by atomic mass is 16.5. The van der Waals surface area contributed by atoms with Crippen molar-refractivity contribution in [3.63, 3.8) is 0 Å². The Labute approximate surface area is 160 Å². The van der Waals surface area contributed by atoms with E-state index in [-0.39, 0.29) is 0 Å². The van der Waals surface area contributed by atoms with Gasteiger partial charge in [-0.1, -0.05) is 49.4 Å². The number of ether oxygens (including phenoxy) is 1. The second kappa shape index (κ2) is 9.57. The second-order valence-corrected chi connectivity index (χ2v) is 6.28. The lowest BCUT2D eigenvalue weighted by molar-refractivity contribution is 0.414. The maximum absolute atomic E-state index is 5.29. The lowest BCUT2D eigenvalue weighted by Gasteiger charge is -2.11. The van der Waals surface area contributed by atoms with Crippen molar-refractivity contribution in [1.29, 1.82) is 0 Å². The first kappa shape index (κ1) is 18.7. The molecule has 0 fully saturated rings. The first-order chi connectivity index (χ1) is 13.3. The number of hydrogen-bond donors (Lipinski definition) is 2. The average Bonchev–Trinajstić information content (AvgIpc) is 2.73. The van der Waals surface area contributed by atoms with Crippen molar-refractivity contribution >= 4 is 11.8 Å². The van der Waals surface area contributed by atoms with Gasteiger partial charge in [0.2, 0.25) is 5.95 Å². The maximum atomic E-state index is 5.29. The number of nitrogens with one attached hydrogen (secondary N) is 2. The van der Waals surface area contributed by atoms with E-state index in [9.17, 15) is 0 Å². The predicted molar refractivity (Wildman–Crippen MR) is 111 cm³/mol. The summed E-state index contributed by atoms with van der Waals surface area (Å²) in [6.07, 6.45) is 1.91. The molecule has 5 nitrogen and oxygen atoms in total. The summed E-state index contributed by atoms with van der Waals surface area (Å²) >= 11 is 0. The van der Waals surface area contributed by atoms with Crippen LogP contribution >= 0.6 is 0 Å². The molecule has 2 aromatic carbocycles. The number of nitrogens with zero attached hydrogens (tertiary/aromatic N) is 2. The molecule has 3 aromatic rings. The van der Waals surface area contributed by atoms with Gasteiger partial charge in [0.05, 0.1) is 12.8 Å². The van der Waals surface area contributed by atoms with Gasteiger partial charge in [-0.15, -0.1) is 0 Å². The number of aromatic nitrogens is 2. The van der Waals surface area contributed by atoms with Gasteiger partial charge >= 0.3 is 0 Å². The Hall–Kier alpha value is -3.08. The monoisotopic (exact) mass is 362 g/mol. The Morgan fingerprint density at radius 3 is 2.52 bits per heavy atom. The predicted octanol–water partition coefficient (Wildman–Crippen LogP) is 4.63. The fraction of sp³-hybridized carbons (Fsp3) is 0.273. The zero-order valence-electron chi connectivity index (χ0n) is 15.9. The van der Waals surface area contributed by atoms with Crippen LogP contribution in [-0.4, -0.2) is 30.2 Å². The Morgan fingerprint density at radius 2 is 1.74 bits per heavy atom. The molecule has 1 aromatic heterocycles. The lowest BCUT2D eigenvalue weighted by atomic mass is 10.1. The molecule has 0 aliphatic rings. The van der Waals surface area contributed by atoms with E-state index in [2.05, 4.69) is 51.8 Å². The molecule has 0 atom stereocenters. The van der Waals surface area contributed by atoms with Gasteiger partial charge in [-0.05, 0) is 30.5 Å². The Morgan fingerprint density at radius 1 is 0.889 bits per heavy atom. The van der Waals surface area contributed by atoms with Crippen molar-refractivity contribution < 1.29 is 4.74 Å². The summed E-state index contributed by atoms with van der Waals surface area (Å²) in [6, 6.07) is 20.3. The van der Waals surface area contributed by atoms with Crippen LogP contribution in [0.25, 0.3) is 11.3 Å². The van der Waals surface area contributed by atoms with Crippen molar-refractivity contribution in [3.8, 4) is 17.0 Å². The Kier molecular flexibility index (Phi) is 6.63. The van der Waals surface area contributed by atoms with Crippen LogP contribution < -0.4 is 15.4 Å². The van der Waals surface area contributed by atoms with Gasteiger partial charge in [0.1, 0.15) is 11.6 Å². The van der Waals surface area contributed by atoms with Crippen LogP contribution in [0.3, 0.4) is 0 Å². The molecule has 0 saturated carbocycles. The minimum absolute atomic E-state index is 0.655. The minimum atomic E-state index is 0.655. The normalized spacial score (nSPS) is 10.4. The lowest BCUT2D eigenvalue weighted by Crippen LogP contribution is -2.10. The number of benzene rings is 2. The van der Waals surface area contributed by atoms with Crippen molar-refractivity contribution in [2.24, 2.45) is 0 Å². The highest BCUT2D eigenvalue weighted by Gasteiger charge is 2.06. The van der Waals surface area contributed by atoms with E-state index < -0.39 is 0 Å². The van der Waals surface area contributed by atoms with Crippen LogP contribution in [0.15, 0.2) is 60.7 Å². The minimum Gasteiger partial charge on any atom is -0.497 e. The fourth-order valence-corrected chi connectivity index (χ4v) is 2.77. The van der Waals surface area contributed by atoms with Crippen molar-refractivity contribution in [2.45, 2.75) is 19.8 Å². The summed E-state index contributed by atoms with van der Waals surface area (Å²) in [5.41, 5.74) is 3.21. The molecule has 1 heterocycles. The average molecular weight is 362 g/mol. The van der Waals surface area contributed by atoms with E-state index in [4.69, 9.17) is 4.74 Å². The molecule has 140 valence electrons. The van der Waals surface area contributed by atoms with Gasteiger partial charge in [0, 0.05) is 24.7 Å². The van der Waals surface area contributed by atoms with E-state index in [0.29, 0.717) is 5.95 Å². The van der Waals surface area contributed by atoms with E-state index in [0.717, 1.165) is 48.8 Å². The van der Waals surface area contributed by atoms with E-state index in [1.165, 1.54) is 5.56 Å². The van der Waals surface area contributed by atoms with Crippen molar-refractivity contribution in [1.82, 2.24) is 9.97 Å². The van der Waals surface area contributed by atoms with Gasteiger partial charge in [-0.3, -0.25) is 0 Å². The molecule has 0 bridgehead atoms. The maximum Gasteiger partial charge on any atom is 0.225 e. The summed E-state index contributed by atoms with van der Waals surface area (Å²) in [7, 11) is 1.69. The Balaban J connectivity index is 1.73. The molecule has 0 amide bonds. The quantitative estimate of drug-likeness (QED) is 0.581. The fourth-order valence-electron chi connectivity index (χ4n) is 2.77. The van der Waals surface area contributed by atoms with Gasteiger partial charge in [0.15, 0.2) is 0 Å². The molecule has 0 aliphatic heterocycles. The van der Waals surface area contributed by atoms with Gasteiger partial charge in [0.25, 0.3) is 0 Å². The van der Waals surface area contributed by atoms with Crippen molar-refractivity contribution in [3.05, 3.63) is 66.2 Å². The molecule has 5 heteroatoms. The molecule has 0 aliphatic carbocycles. The molecule has 0 unspecified atom stereocenters. The van der Waals surface area contributed by atoms with Crippen LogP contribution in [0.4, 0.5) is 11.8 Å². The SMILES string of the molecule is CCCNc1nc(NCCc2cccc(OC)c2)cc(-c2ccccc2)n1. The van der Waals surface area contributed by atoms with Crippen LogP contribution in [0.2, 0.25) is 0 Å². The smallest absolute Gasteiger partial charge is 0.225 e.